The maximum Gasteiger partial charge on any atom is 0.227 e. The highest BCUT2D eigenvalue weighted by atomic mass is 79.9. The van der Waals surface area contributed by atoms with Gasteiger partial charge in [0.1, 0.15) is 0 Å². The number of hydrogen-bond donors (Lipinski definition) is 1. The minimum Gasteiger partial charge on any atom is -0.356 e. The monoisotopic (exact) mass is 297 g/mol. The van der Waals surface area contributed by atoms with Crippen LogP contribution in [0, 0.1) is 0 Å². The predicted octanol–water partition coefficient (Wildman–Crippen LogP) is 3.47. The molecule has 0 saturated carbocycles. The average Bonchev–Trinajstić information content (AvgIpc) is 2.38. The third-order valence-electron chi connectivity index (χ3n) is 2.80. The van der Waals surface area contributed by atoms with E-state index in [2.05, 4.69) is 21.2 Å². The van der Waals surface area contributed by atoms with E-state index in [-0.39, 0.29) is 11.8 Å². The van der Waals surface area contributed by atoms with Crippen LogP contribution >= 0.6 is 15.9 Å². The topological polar surface area (TPSA) is 29.1 Å². The zero-order valence-corrected chi connectivity index (χ0v) is 11.9. The number of halogens is 1. The number of hydrogen-bond acceptors (Lipinski definition) is 1. The summed E-state index contributed by atoms with van der Waals surface area (Å²) >= 11 is 3.40. The van der Waals surface area contributed by atoms with Crippen LogP contribution in [-0.2, 0) is 4.79 Å². The van der Waals surface area contributed by atoms with Crippen LogP contribution in [0.15, 0.2) is 30.3 Å². The number of carbonyl (C=O) groups excluding carboxylic acids is 1. The first-order valence-corrected chi connectivity index (χ1v) is 7.26. The molecule has 0 radical (unpaired) electrons. The SMILES string of the molecule is CC(C(=O)NCCCCCBr)c1ccccc1. The van der Waals surface area contributed by atoms with Gasteiger partial charge in [0.2, 0.25) is 5.91 Å². The van der Waals surface area contributed by atoms with Crippen molar-refractivity contribution in [2.45, 2.75) is 32.1 Å². The highest BCUT2D eigenvalue weighted by molar-refractivity contribution is 9.09. The van der Waals surface area contributed by atoms with Gasteiger partial charge in [-0.15, -0.1) is 0 Å². The standard InChI is InChI=1S/C14H20BrNO/c1-12(13-8-4-2-5-9-13)14(17)16-11-7-3-6-10-15/h2,4-5,8-9,12H,3,6-7,10-11H2,1H3,(H,16,17). The summed E-state index contributed by atoms with van der Waals surface area (Å²) in [6.45, 7) is 2.73. The summed E-state index contributed by atoms with van der Waals surface area (Å²) in [5.74, 6) is 0.0578. The molecule has 1 N–H and O–H groups in total. The maximum absolute atomic E-state index is 11.9. The van der Waals surface area contributed by atoms with Crippen LogP contribution in [0.4, 0.5) is 0 Å². The Kier molecular flexibility index (Phi) is 6.94. The van der Waals surface area contributed by atoms with Crippen molar-refractivity contribution in [3.05, 3.63) is 35.9 Å². The van der Waals surface area contributed by atoms with E-state index in [1.165, 1.54) is 6.42 Å². The summed E-state index contributed by atoms with van der Waals surface area (Å²) in [5, 5.41) is 4.03. The lowest BCUT2D eigenvalue weighted by molar-refractivity contribution is -0.122. The van der Waals surface area contributed by atoms with Gasteiger partial charge >= 0.3 is 0 Å². The molecule has 2 nitrogen and oxygen atoms in total. The van der Waals surface area contributed by atoms with Gasteiger partial charge in [-0.05, 0) is 25.3 Å². The fourth-order valence-electron chi connectivity index (χ4n) is 1.65. The summed E-state index contributed by atoms with van der Waals surface area (Å²) in [7, 11) is 0. The van der Waals surface area contributed by atoms with Crippen LogP contribution in [0.1, 0.15) is 37.7 Å². The average molecular weight is 298 g/mol. The quantitative estimate of drug-likeness (QED) is 0.606. The van der Waals surface area contributed by atoms with Crippen molar-refractivity contribution in [1.29, 1.82) is 0 Å². The molecule has 0 bridgehead atoms. The Labute approximate surface area is 112 Å². The first kappa shape index (κ1) is 14.2. The highest BCUT2D eigenvalue weighted by Crippen LogP contribution is 2.14. The van der Waals surface area contributed by atoms with Crippen molar-refractivity contribution in [2.24, 2.45) is 0 Å². The molecular weight excluding hydrogens is 278 g/mol. The molecule has 0 aromatic heterocycles. The van der Waals surface area contributed by atoms with Crippen molar-refractivity contribution >= 4 is 21.8 Å². The third kappa shape index (κ3) is 5.35. The normalized spacial score (nSPS) is 12.1. The lowest BCUT2D eigenvalue weighted by Gasteiger charge is -2.12. The van der Waals surface area contributed by atoms with E-state index in [1.54, 1.807) is 0 Å². The number of unbranched alkanes of at least 4 members (excludes halogenated alkanes) is 2. The van der Waals surface area contributed by atoms with Crippen molar-refractivity contribution < 1.29 is 4.79 Å². The molecule has 1 amide bonds. The first-order valence-electron chi connectivity index (χ1n) is 6.14. The second kappa shape index (κ2) is 8.29. The van der Waals surface area contributed by atoms with Crippen molar-refractivity contribution in [3.8, 4) is 0 Å². The van der Waals surface area contributed by atoms with Crippen molar-refractivity contribution in [1.82, 2.24) is 5.32 Å². The molecule has 1 atom stereocenters. The second-order valence-corrected chi connectivity index (χ2v) is 4.97. The number of carbonyl (C=O) groups is 1. The second-order valence-electron chi connectivity index (χ2n) is 4.17. The first-order chi connectivity index (χ1) is 8.25. The molecule has 0 spiro atoms. The third-order valence-corrected chi connectivity index (χ3v) is 3.36. The van der Waals surface area contributed by atoms with Crippen LogP contribution in [0.3, 0.4) is 0 Å². The molecule has 1 unspecified atom stereocenters. The fraction of sp³-hybridized carbons (Fsp3) is 0.500. The summed E-state index contributed by atoms with van der Waals surface area (Å²) in [6.07, 6.45) is 3.38. The molecule has 0 heterocycles. The van der Waals surface area contributed by atoms with Crippen LogP contribution in [0.5, 0.6) is 0 Å². The van der Waals surface area contributed by atoms with E-state index >= 15 is 0 Å². The molecule has 1 aromatic rings. The van der Waals surface area contributed by atoms with Crippen LogP contribution in [0.2, 0.25) is 0 Å². The van der Waals surface area contributed by atoms with Crippen LogP contribution in [-0.4, -0.2) is 17.8 Å². The molecule has 0 saturated heterocycles. The van der Waals surface area contributed by atoms with Crippen molar-refractivity contribution in [2.75, 3.05) is 11.9 Å². The fourth-order valence-corrected chi connectivity index (χ4v) is 2.05. The summed E-state index contributed by atoms with van der Waals surface area (Å²) in [5.41, 5.74) is 1.07. The van der Waals surface area contributed by atoms with E-state index in [0.717, 1.165) is 30.3 Å². The van der Waals surface area contributed by atoms with E-state index in [1.807, 2.05) is 37.3 Å². The molecule has 3 heteroatoms. The van der Waals surface area contributed by atoms with Gasteiger partial charge < -0.3 is 5.32 Å². The minimum absolute atomic E-state index is 0.0626. The summed E-state index contributed by atoms with van der Waals surface area (Å²) < 4.78 is 0. The zero-order chi connectivity index (χ0) is 12.5. The van der Waals surface area contributed by atoms with Gasteiger partial charge in [-0.25, -0.2) is 0 Å². The molecule has 0 aliphatic carbocycles. The molecule has 17 heavy (non-hydrogen) atoms. The Morgan fingerprint density at radius 2 is 1.94 bits per heavy atom. The van der Waals surface area contributed by atoms with Crippen LogP contribution in [0.25, 0.3) is 0 Å². The highest BCUT2D eigenvalue weighted by Gasteiger charge is 2.13. The zero-order valence-electron chi connectivity index (χ0n) is 10.3. The predicted molar refractivity (Wildman–Crippen MR) is 75.5 cm³/mol. The molecule has 1 rings (SSSR count). The largest absolute Gasteiger partial charge is 0.356 e. The number of alkyl halides is 1. The number of rotatable bonds is 7. The van der Waals surface area contributed by atoms with E-state index in [4.69, 9.17) is 0 Å². The van der Waals surface area contributed by atoms with Gasteiger partial charge in [0.05, 0.1) is 5.92 Å². The molecule has 0 aliphatic rings. The Hall–Kier alpha value is -0.830. The lowest BCUT2D eigenvalue weighted by atomic mass is 10.0. The van der Waals surface area contributed by atoms with Gasteiger partial charge in [-0.2, -0.15) is 0 Å². The van der Waals surface area contributed by atoms with Gasteiger partial charge in [-0.1, -0.05) is 52.7 Å². The number of nitrogens with one attached hydrogen (secondary N) is 1. The molecule has 94 valence electrons. The van der Waals surface area contributed by atoms with E-state index in [0.29, 0.717) is 0 Å². The Bertz CT molecular complexity index is 326. The Morgan fingerprint density at radius 1 is 1.24 bits per heavy atom. The van der Waals surface area contributed by atoms with Crippen molar-refractivity contribution in [3.63, 3.8) is 0 Å². The smallest absolute Gasteiger partial charge is 0.227 e. The van der Waals surface area contributed by atoms with Gasteiger partial charge in [0.15, 0.2) is 0 Å². The Balaban J connectivity index is 2.28. The molecule has 0 fully saturated rings. The Morgan fingerprint density at radius 3 is 2.59 bits per heavy atom. The van der Waals surface area contributed by atoms with Gasteiger partial charge in [0, 0.05) is 11.9 Å². The van der Waals surface area contributed by atoms with E-state index < -0.39 is 0 Å². The number of benzene rings is 1. The molecule has 0 aliphatic heterocycles. The lowest BCUT2D eigenvalue weighted by Crippen LogP contribution is -2.28. The maximum atomic E-state index is 11.9. The van der Waals surface area contributed by atoms with Crippen LogP contribution < -0.4 is 5.32 Å². The molecule has 1 aromatic carbocycles. The molecular formula is C14H20BrNO. The van der Waals surface area contributed by atoms with Gasteiger partial charge in [-0.3, -0.25) is 4.79 Å². The minimum atomic E-state index is -0.0626. The number of amides is 1. The van der Waals surface area contributed by atoms with E-state index in [9.17, 15) is 4.79 Å². The summed E-state index contributed by atoms with van der Waals surface area (Å²) in [4.78, 5) is 11.9. The van der Waals surface area contributed by atoms with Gasteiger partial charge in [0.25, 0.3) is 0 Å². The summed E-state index contributed by atoms with van der Waals surface area (Å²) in [6, 6.07) is 9.89.